The van der Waals surface area contributed by atoms with Gasteiger partial charge < -0.3 is 14.7 Å². The largest absolute Gasteiger partial charge is 0.481 e. The van der Waals surface area contributed by atoms with E-state index in [9.17, 15) is 27.9 Å². The molecular weight excluding hydrogens is 363 g/mol. The third-order valence-electron chi connectivity index (χ3n) is 6.58. The van der Waals surface area contributed by atoms with E-state index >= 15 is 0 Å². The zero-order valence-electron chi connectivity index (χ0n) is 15.4. The summed E-state index contributed by atoms with van der Waals surface area (Å²) in [4.78, 5) is 25.6. The minimum absolute atomic E-state index is 0.0195. The first-order valence-electron chi connectivity index (χ1n) is 9.94. The molecule has 3 fully saturated rings. The summed E-state index contributed by atoms with van der Waals surface area (Å²) in [6.45, 7) is 1.63. The molecule has 2 aliphatic heterocycles. The van der Waals surface area contributed by atoms with Crippen molar-refractivity contribution >= 4 is 11.9 Å². The Bertz CT molecular complexity index is 538. The number of ether oxygens (including phenoxy) is 1. The van der Waals surface area contributed by atoms with Crippen LogP contribution in [0.1, 0.15) is 51.4 Å². The Morgan fingerprint density at radius 3 is 2.19 bits per heavy atom. The van der Waals surface area contributed by atoms with Crippen LogP contribution in [-0.2, 0) is 14.3 Å². The molecule has 1 aliphatic carbocycles. The van der Waals surface area contributed by atoms with Crippen molar-refractivity contribution < 1.29 is 32.6 Å². The maximum absolute atomic E-state index is 12.7. The highest BCUT2D eigenvalue weighted by molar-refractivity contribution is 5.76. The molecule has 0 aromatic rings. The SMILES string of the molecule is O=C(O)C1CCO[C@H]1C1CCN(C(=O)CC2CCC(C(F)(F)F)CC2)CC1. The molecule has 0 spiro atoms. The van der Waals surface area contributed by atoms with Gasteiger partial charge in [-0.05, 0) is 56.8 Å². The van der Waals surface area contributed by atoms with E-state index < -0.39 is 24.0 Å². The highest BCUT2D eigenvalue weighted by Crippen LogP contribution is 2.40. The number of aliphatic carboxylic acids is 1. The average molecular weight is 391 g/mol. The molecule has 154 valence electrons. The van der Waals surface area contributed by atoms with Crippen LogP contribution in [0, 0.1) is 23.7 Å². The monoisotopic (exact) mass is 391 g/mol. The van der Waals surface area contributed by atoms with Gasteiger partial charge in [-0.3, -0.25) is 9.59 Å². The van der Waals surface area contributed by atoms with Crippen molar-refractivity contribution in [3.8, 4) is 0 Å². The Morgan fingerprint density at radius 1 is 1.00 bits per heavy atom. The first kappa shape index (κ1) is 20.4. The summed E-state index contributed by atoms with van der Waals surface area (Å²) in [6.07, 6.45) is -0.900. The number of amides is 1. The second-order valence-electron chi connectivity index (χ2n) is 8.25. The number of hydrogen-bond acceptors (Lipinski definition) is 3. The van der Waals surface area contributed by atoms with Gasteiger partial charge in [0.15, 0.2) is 0 Å². The fourth-order valence-corrected chi connectivity index (χ4v) is 4.89. The van der Waals surface area contributed by atoms with Crippen molar-refractivity contribution in [3.05, 3.63) is 0 Å². The number of nitrogens with zero attached hydrogens (tertiary/aromatic N) is 1. The molecule has 1 unspecified atom stereocenters. The number of carbonyl (C=O) groups is 2. The van der Waals surface area contributed by atoms with Crippen LogP contribution in [0.15, 0.2) is 0 Å². The average Bonchev–Trinajstić information content (AvgIpc) is 3.11. The minimum Gasteiger partial charge on any atom is -0.481 e. The van der Waals surface area contributed by atoms with Crippen LogP contribution in [0.4, 0.5) is 13.2 Å². The van der Waals surface area contributed by atoms with Gasteiger partial charge in [0.05, 0.1) is 17.9 Å². The van der Waals surface area contributed by atoms with E-state index in [1.165, 1.54) is 0 Å². The number of halogens is 3. The van der Waals surface area contributed by atoms with E-state index in [2.05, 4.69) is 0 Å². The molecule has 1 saturated carbocycles. The van der Waals surface area contributed by atoms with Gasteiger partial charge in [-0.2, -0.15) is 13.2 Å². The molecule has 2 saturated heterocycles. The highest BCUT2D eigenvalue weighted by Gasteiger charge is 2.43. The lowest BCUT2D eigenvalue weighted by molar-refractivity contribution is -0.184. The van der Waals surface area contributed by atoms with E-state index in [-0.39, 0.29) is 36.7 Å². The first-order valence-corrected chi connectivity index (χ1v) is 9.94. The van der Waals surface area contributed by atoms with Crippen molar-refractivity contribution in [2.24, 2.45) is 23.7 Å². The fraction of sp³-hybridized carbons (Fsp3) is 0.895. The molecular formula is C19H28F3NO4. The van der Waals surface area contributed by atoms with Crippen LogP contribution in [0.25, 0.3) is 0 Å². The van der Waals surface area contributed by atoms with Gasteiger partial charge >= 0.3 is 12.1 Å². The van der Waals surface area contributed by atoms with Crippen LogP contribution in [0.2, 0.25) is 0 Å². The maximum atomic E-state index is 12.7. The third kappa shape index (κ3) is 4.95. The molecule has 2 atom stereocenters. The summed E-state index contributed by atoms with van der Waals surface area (Å²) in [5.74, 6) is -2.27. The quantitative estimate of drug-likeness (QED) is 0.797. The van der Waals surface area contributed by atoms with Crippen LogP contribution in [-0.4, -0.2) is 53.9 Å². The topological polar surface area (TPSA) is 66.8 Å². The van der Waals surface area contributed by atoms with Crippen molar-refractivity contribution in [1.29, 1.82) is 0 Å². The molecule has 8 heteroatoms. The lowest BCUT2D eigenvalue weighted by atomic mass is 9.79. The van der Waals surface area contributed by atoms with E-state index in [0.29, 0.717) is 45.4 Å². The molecule has 0 aromatic heterocycles. The number of carboxylic acid groups (broad SMARTS) is 1. The van der Waals surface area contributed by atoms with Crippen molar-refractivity contribution in [1.82, 2.24) is 4.90 Å². The van der Waals surface area contributed by atoms with Gasteiger partial charge in [0.25, 0.3) is 0 Å². The lowest BCUT2D eigenvalue weighted by Crippen LogP contribution is -2.43. The highest BCUT2D eigenvalue weighted by atomic mass is 19.4. The third-order valence-corrected chi connectivity index (χ3v) is 6.58. The molecule has 0 aromatic carbocycles. The van der Waals surface area contributed by atoms with Gasteiger partial charge in [0.1, 0.15) is 0 Å². The normalized spacial score (nSPS) is 33.2. The van der Waals surface area contributed by atoms with Gasteiger partial charge in [-0.15, -0.1) is 0 Å². The second-order valence-corrected chi connectivity index (χ2v) is 8.25. The molecule has 1 amide bonds. The summed E-state index contributed by atoms with van der Waals surface area (Å²) in [5, 5.41) is 9.29. The molecule has 2 heterocycles. The number of alkyl halides is 3. The van der Waals surface area contributed by atoms with Crippen molar-refractivity contribution in [2.45, 2.75) is 63.6 Å². The van der Waals surface area contributed by atoms with E-state index in [1.54, 1.807) is 4.90 Å². The van der Waals surface area contributed by atoms with Crippen molar-refractivity contribution in [3.63, 3.8) is 0 Å². The Hall–Kier alpha value is -1.31. The number of hydrogen-bond donors (Lipinski definition) is 1. The standard InChI is InChI=1S/C19H28F3NO4/c20-19(21,22)14-3-1-12(2-4-14)11-16(24)23-8-5-13(6-9-23)17-15(18(25)26)7-10-27-17/h12-15,17H,1-11H2,(H,25,26)/t12?,14?,15?,17-/m0/s1. The Kier molecular flexibility index (Phi) is 6.33. The van der Waals surface area contributed by atoms with E-state index in [0.717, 1.165) is 12.8 Å². The lowest BCUT2D eigenvalue weighted by Gasteiger charge is -2.36. The molecule has 27 heavy (non-hydrogen) atoms. The molecule has 3 aliphatic rings. The Balaban J connectivity index is 1.42. The number of carbonyl (C=O) groups excluding carboxylic acids is 1. The predicted molar refractivity (Wildman–Crippen MR) is 90.9 cm³/mol. The zero-order valence-corrected chi connectivity index (χ0v) is 15.4. The molecule has 1 N–H and O–H groups in total. The number of piperidine rings is 1. The number of likely N-dealkylation sites (tertiary alicyclic amines) is 1. The van der Waals surface area contributed by atoms with Crippen LogP contribution >= 0.6 is 0 Å². The summed E-state index contributed by atoms with van der Waals surface area (Å²) >= 11 is 0. The fourth-order valence-electron chi connectivity index (χ4n) is 4.89. The molecule has 0 radical (unpaired) electrons. The van der Waals surface area contributed by atoms with Gasteiger partial charge in [0, 0.05) is 26.1 Å². The van der Waals surface area contributed by atoms with E-state index in [1.807, 2.05) is 0 Å². The number of carboxylic acids is 1. The second kappa shape index (κ2) is 8.37. The minimum atomic E-state index is -4.12. The van der Waals surface area contributed by atoms with Gasteiger partial charge in [-0.25, -0.2) is 0 Å². The molecule has 0 bridgehead atoms. The first-order chi connectivity index (χ1) is 12.8. The summed E-state index contributed by atoms with van der Waals surface area (Å²) in [6, 6.07) is 0. The smallest absolute Gasteiger partial charge is 0.391 e. The Labute approximate surface area is 157 Å². The summed E-state index contributed by atoms with van der Waals surface area (Å²) in [5.41, 5.74) is 0. The predicted octanol–water partition coefficient (Wildman–Crippen LogP) is 3.47. The maximum Gasteiger partial charge on any atom is 0.391 e. The van der Waals surface area contributed by atoms with Crippen LogP contribution in [0.5, 0.6) is 0 Å². The Morgan fingerprint density at radius 2 is 1.63 bits per heavy atom. The molecule has 5 nitrogen and oxygen atoms in total. The summed E-state index contributed by atoms with van der Waals surface area (Å²) < 4.78 is 43.9. The van der Waals surface area contributed by atoms with Crippen molar-refractivity contribution in [2.75, 3.05) is 19.7 Å². The molecule has 3 rings (SSSR count). The summed E-state index contributed by atoms with van der Waals surface area (Å²) in [7, 11) is 0. The van der Waals surface area contributed by atoms with Gasteiger partial charge in [0.2, 0.25) is 5.91 Å². The van der Waals surface area contributed by atoms with Crippen LogP contribution in [0.3, 0.4) is 0 Å². The number of rotatable bonds is 4. The zero-order chi connectivity index (χ0) is 19.6. The van der Waals surface area contributed by atoms with E-state index in [4.69, 9.17) is 4.74 Å². The van der Waals surface area contributed by atoms with Gasteiger partial charge in [-0.1, -0.05) is 0 Å². The van der Waals surface area contributed by atoms with Crippen LogP contribution < -0.4 is 0 Å².